The number of hydrogen-bond acceptors (Lipinski definition) is 4. The van der Waals surface area contributed by atoms with E-state index >= 15 is 0 Å². The normalized spacial score (nSPS) is 15.2. The number of para-hydroxylation sites is 1. The van der Waals surface area contributed by atoms with Crippen LogP contribution in [0.5, 0.6) is 0 Å². The predicted molar refractivity (Wildman–Crippen MR) is 88.2 cm³/mol. The molecule has 0 fully saturated rings. The van der Waals surface area contributed by atoms with Gasteiger partial charge in [-0.15, -0.1) is 10.2 Å². The van der Waals surface area contributed by atoms with Gasteiger partial charge in [0.15, 0.2) is 5.16 Å². The van der Waals surface area contributed by atoms with Crippen LogP contribution in [0.15, 0.2) is 35.7 Å². The molecule has 5 nitrogen and oxygen atoms in total. The number of carbonyl (C=O) groups excluding carboxylic acids is 1. The van der Waals surface area contributed by atoms with Crippen molar-refractivity contribution in [1.82, 2.24) is 14.8 Å². The highest BCUT2D eigenvalue weighted by Gasteiger charge is 2.29. The van der Waals surface area contributed by atoms with E-state index in [2.05, 4.69) is 30.1 Å². The monoisotopic (exact) mass is 316 g/mol. The molecule has 116 valence electrons. The maximum absolute atomic E-state index is 12.8. The highest BCUT2D eigenvalue weighted by atomic mass is 32.2. The third kappa shape index (κ3) is 2.75. The molecular formula is C16H20N4OS. The minimum Gasteiger partial charge on any atom is -0.311 e. The van der Waals surface area contributed by atoms with Gasteiger partial charge in [0, 0.05) is 18.3 Å². The molecule has 1 unspecified atom stereocenters. The fourth-order valence-corrected chi connectivity index (χ4v) is 3.68. The van der Waals surface area contributed by atoms with E-state index in [0.29, 0.717) is 0 Å². The van der Waals surface area contributed by atoms with Crippen LogP contribution in [0, 0.1) is 0 Å². The van der Waals surface area contributed by atoms with E-state index in [1.807, 2.05) is 34.6 Å². The Hall–Kier alpha value is -1.82. The second-order valence-corrected chi connectivity index (χ2v) is 7.05. The van der Waals surface area contributed by atoms with Gasteiger partial charge in [-0.25, -0.2) is 0 Å². The van der Waals surface area contributed by atoms with E-state index < -0.39 is 0 Å². The summed E-state index contributed by atoms with van der Waals surface area (Å²) in [5, 5.41) is 8.70. The van der Waals surface area contributed by atoms with Crippen LogP contribution in [0.1, 0.15) is 32.4 Å². The molecule has 0 saturated carbocycles. The molecule has 1 aliphatic heterocycles. The van der Waals surface area contributed by atoms with E-state index in [1.165, 1.54) is 17.3 Å². The molecule has 2 heterocycles. The molecule has 1 aromatic carbocycles. The molecular weight excluding hydrogens is 296 g/mol. The van der Waals surface area contributed by atoms with Crippen LogP contribution in [0.25, 0.3) is 0 Å². The molecule has 1 amide bonds. The van der Waals surface area contributed by atoms with Crippen molar-refractivity contribution < 1.29 is 4.79 Å². The third-order valence-electron chi connectivity index (χ3n) is 3.88. The number of carbonyl (C=O) groups is 1. The van der Waals surface area contributed by atoms with Crippen molar-refractivity contribution in [3.63, 3.8) is 0 Å². The van der Waals surface area contributed by atoms with Crippen molar-refractivity contribution in [1.29, 1.82) is 0 Å². The zero-order chi connectivity index (χ0) is 15.7. The summed E-state index contributed by atoms with van der Waals surface area (Å²) in [6, 6.07) is 8.41. The first kappa shape index (κ1) is 15.1. The molecule has 0 bridgehead atoms. The number of amides is 1. The number of anilines is 1. The topological polar surface area (TPSA) is 51.0 Å². The molecule has 0 N–H and O–H groups in total. The maximum atomic E-state index is 12.8. The average Bonchev–Trinajstić information content (AvgIpc) is 3.12. The fraction of sp³-hybridized carbons (Fsp3) is 0.438. The minimum absolute atomic E-state index is 0.133. The van der Waals surface area contributed by atoms with E-state index in [-0.39, 0.29) is 17.2 Å². The van der Waals surface area contributed by atoms with Gasteiger partial charge in [0.05, 0.1) is 5.25 Å². The lowest BCUT2D eigenvalue weighted by molar-refractivity contribution is -0.117. The van der Waals surface area contributed by atoms with E-state index in [4.69, 9.17) is 0 Å². The van der Waals surface area contributed by atoms with Crippen LogP contribution in [-0.2, 0) is 11.2 Å². The lowest BCUT2D eigenvalue weighted by Gasteiger charge is -2.21. The molecule has 0 radical (unpaired) electrons. The molecule has 6 heteroatoms. The molecule has 0 spiro atoms. The van der Waals surface area contributed by atoms with E-state index in [0.717, 1.165) is 23.8 Å². The zero-order valence-corrected chi connectivity index (χ0v) is 13.9. The average molecular weight is 316 g/mol. The lowest BCUT2D eigenvalue weighted by atomic mass is 10.2. The van der Waals surface area contributed by atoms with Gasteiger partial charge < -0.3 is 9.47 Å². The maximum Gasteiger partial charge on any atom is 0.240 e. The van der Waals surface area contributed by atoms with E-state index in [1.54, 1.807) is 6.33 Å². The number of aromatic nitrogens is 3. The number of nitrogens with zero attached hydrogens (tertiary/aromatic N) is 4. The summed E-state index contributed by atoms with van der Waals surface area (Å²) in [6.45, 7) is 6.86. The molecule has 2 aromatic rings. The van der Waals surface area contributed by atoms with Gasteiger partial charge in [0.25, 0.3) is 0 Å². The first-order chi connectivity index (χ1) is 10.6. The summed E-state index contributed by atoms with van der Waals surface area (Å²) in [7, 11) is 0. The number of rotatable bonds is 4. The third-order valence-corrected chi connectivity index (χ3v) is 4.94. The molecule has 3 rings (SSSR count). The van der Waals surface area contributed by atoms with E-state index in [9.17, 15) is 4.79 Å². The second kappa shape index (κ2) is 6.12. The highest BCUT2D eigenvalue weighted by molar-refractivity contribution is 8.00. The number of fused-ring (bicyclic) bond motifs is 1. The number of benzene rings is 1. The predicted octanol–water partition coefficient (Wildman–Crippen LogP) is 2.93. The Bertz CT molecular complexity index is 682. The molecule has 0 saturated heterocycles. The quantitative estimate of drug-likeness (QED) is 0.814. The Balaban J connectivity index is 1.74. The molecule has 22 heavy (non-hydrogen) atoms. The van der Waals surface area contributed by atoms with Gasteiger partial charge >= 0.3 is 0 Å². The Morgan fingerprint density at radius 2 is 2.05 bits per heavy atom. The summed E-state index contributed by atoms with van der Waals surface area (Å²) >= 11 is 1.47. The Morgan fingerprint density at radius 3 is 2.82 bits per heavy atom. The standard InChI is InChI=1S/C16H20N4OS/c1-11(2)20-10-17-18-16(20)22-12(3)15(21)19-9-8-13-6-4-5-7-14(13)19/h4-7,10-12H,8-9H2,1-3H3. The number of hydrogen-bond donors (Lipinski definition) is 0. The summed E-state index contributed by atoms with van der Waals surface area (Å²) in [4.78, 5) is 14.7. The SMILES string of the molecule is CC(Sc1nncn1C(C)C)C(=O)N1CCc2ccccc21. The van der Waals surface area contributed by atoms with Crippen molar-refractivity contribution >= 4 is 23.4 Å². The zero-order valence-electron chi connectivity index (χ0n) is 13.1. The lowest BCUT2D eigenvalue weighted by Crippen LogP contribution is -2.35. The van der Waals surface area contributed by atoms with Crippen molar-refractivity contribution in [2.24, 2.45) is 0 Å². The van der Waals surface area contributed by atoms with Gasteiger partial charge in [-0.1, -0.05) is 30.0 Å². The summed E-state index contributed by atoms with van der Waals surface area (Å²) in [5.41, 5.74) is 2.30. The van der Waals surface area contributed by atoms with Gasteiger partial charge in [0.2, 0.25) is 5.91 Å². The summed E-state index contributed by atoms with van der Waals surface area (Å²) in [5.74, 6) is 0.133. The first-order valence-corrected chi connectivity index (χ1v) is 8.41. The largest absolute Gasteiger partial charge is 0.311 e. The van der Waals surface area contributed by atoms with Crippen molar-refractivity contribution in [3.8, 4) is 0 Å². The van der Waals surface area contributed by atoms with Crippen LogP contribution < -0.4 is 4.90 Å². The van der Waals surface area contributed by atoms with Crippen molar-refractivity contribution in [2.45, 2.75) is 43.6 Å². The van der Waals surface area contributed by atoms with Gasteiger partial charge in [-0.2, -0.15) is 0 Å². The van der Waals surface area contributed by atoms with Crippen molar-refractivity contribution in [2.75, 3.05) is 11.4 Å². The van der Waals surface area contributed by atoms with Gasteiger partial charge in [-0.05, 0) is 38.8 Å². The number of thioether (sulfide) groups is 1. The van der Waals surface area contributed by atoms with Crippen LogP contribution in [-0.4, -0.2) is 32.5 Å². The smallest absolute Gasteiger partial charge is 0.240 e. The van der Waals surface area contributed by atoms with Crippen LogP contribution in [0.2, 0.25) is 0 Å². The molecule has 0 aliphatic carbocycles. The molecule has 1 aromatic heterocycles. The van der Waals surface area contributed by atoms with Crippen LogP contribution in [0.4, 0.5) is 5.69 Å². The summed E-state index contributed by atoms with van der Waals surface area (Å²) in [6.07, 6.45) is 2.65. The van der Waals surface area contributed by atoms with Gasteiger partial charge in [0.1, 0.15) is 6.33 Å². The van der Waals surface area contributed by atoms with Crippen LogP contribution >= 0.6 is 11.8 Å². The second-order valence-electron chi connectivity index (χ2n) is 5.74. The Labute approximate surface area is 134 Å². The Kier molecular flexibility index (Phi) is 4.20. The molecule has 1 atom stereocenters. The summed E-state index contributed by atoms with van der Waals surface area (Å²) < 4.78 is 1.99. The minimum atomic E-state index is -0.187. The fourth-order valence-electron chi connectivity index (χ4n) is 2.67. The van der Waals surface area contributed by atoms with Gasteiger partial charge in [-0.3, -0.25) is 4.79 Å². The molecule has 1 aliphatic rings. The Morgan fingerprint density at radius 1 is 1.27 bits per heavy atom. The first-order valence-electron chi connectivity index (χ1n) is 7.53. The van der Waals surface area contributed by atoms with Crippen LogP contribution in [0.3, 0.4) is 0 Å². The van der Waals surface area contributed by atoms with Crippen molar-refractivity contribution in [3.05, 3.63) is 36.2 Å². The highest BCUT2D eigenvalue weighted by Crippen LogP contribution is 2.31.